The molecule has 6 heteroatoms. The first-order valence-electron chi connectivity index (χ1n) is 9.73. The van der Waals surface area contributed by atoms with Gasteiger partial charge in [0.25, 0.3) is 0 Å². The Hall–Kier alpha value is -4.06. The summed E-state index contributed by atoms with van der Waals surface area (Å²) in [5.74, 6) is 0.585. The fourth-order valence-electron chi connectivity index (χ4n) is 3.54. The Balaban J connectivity index is 1.86. The molecule has 0 bridgehead atoms. The van der Waals surface area contributed by atoms with Gasteiger partial charge >= 0.3 is 0 Å². The molecule has 1 heterocycles. The van der Waals surface area contributed by atoms with Crippen molar-refractivity contribution in [3.05, 3.63) is 89.0 Å². The number of hydrogen-bond acceptors (Lipinski definition) is 5. The summed E-state index contributed by atoms with van der Waals surface area (Å²) in [7, 11) is 1.59. The van der Waals surface area contributed by atoms with Crippen molar-refractivity contribution in [2.24, 2.45) is 0 Å². The minimum Gasteiger partial charge on any atom is -0.508 e. The lowest BCUT2D eigenvalue weighted by Gasteiger charge is -2.29. The van der Waals surface area contributed by atoms with Crippen molar-refractivity contribution in [3.63, 3.8) is 0 Å². The minimum absolute atomic E-state index is 0.0170. The largest absolute Gasteiger partial charge is 0.508 e. The molecule has 1 aliphatic heterocycles. The molecule has 1 atom stereocenters. The third-order valence-corrected chi connectivity index (χ3v) is 4.99. The number of ether oxygens (including phenoxy) is 2. The molecule has 0 saturated heterocycles. The Morgan fingerprint density at radius 2 is 1.84 bits per heavy atom. The molecule has 0 saturated carbocycles. The van der Waals surface area contributed by atoms with Crippen LogP contribution in [0.3, 0.4) is 0 Å². The number of phenols is 1. The number of carbonyl (C=O) groups is 2. The minimum atomic E-state index is -0.741. The number of methoxy groups -OCH3 is 1. The van der Waals surface area contributed by atoms with Gasteiger partial charge in [-0.15, -0.1) is 0 Å². The number of para-hydroxylation sites is 1. The summed E-state index contributed by atoms with van der Waals surface area (Å²) in [6, 6.07) is 18.9. The number of Topliss-reactive ketones (excluding diaryl/α,β-unsaturated/α-hetero) is 1. The zero-order valence-electron chi connectivity index (χ0n) is 17.1. The van der Waals surface area contributed by atoms with Gasteiger partial charge in [0.1, 0.15) is 17.2 Å². The fraction of sp³-hybridized carbons (Fsp3) is 0.120. The fourth-order valence-corrected chi connectivity index (χ4v) is 3.54. The first-order chi connectivity index (χ1) is 15.0. The number of fused-ring (bicyclic) bond motifs is 1. The maximum absolute atomic E-state index is 13.4. The van der Waals surface area contributed by atoms with Crippen LogP contribution in [0.5, 0.6) is 17.2 Å². The van der Waals surface area contributed by atoms with Gasteiger partial charge < -0.3 is 19.9 Å². The molecule has 0 aromatic heterocycles. The van der Waals surface area contributed by atoms with Gasteiger partial charge in [0.05, 0.1) is 12.7 Å². The number of nitrogens with one attached hydrogen (secondary N) is 1. The molecule has 6 nitrogen and oxygen atoms in total. The Morgan fingerprint density at radius 3 is 2.55 bits per heavy atom. The van der Waals surface area contributed by atoms with E-state index in [9.17, 15) is 14.7 Å². The number of aromatic hydroxyl groups is 1. The van der Waals surface area contributed by atoms with Crippen LogP contribution < -0.4 is 14.8 Å². The Bertz CT molecular complexity index is 1180. The normalized spacial score (nSPS) is 16.4. The molecule has 0 aliphatic carbocycles. The molecular formula is C25H21NO5. The van der Waals surface area contributed by atoms with Crippen molar-refractivity contribution in [2.75, 3.05) is 12.4 Å². The molecule has 0 radical (unpaired) electrons. The summed E-state index contributed by atoms with van der Waals surface area (Å²) < 4.78 is 11.4. The SMILES string of the molecule is COc1ccc(C=C2C(=O)c3cc(O)ccc3OC2c2ccccc2NC(C)=O)cc1. The lowest BCUT2D eigenvalue weighted by Crippen LogP contribution is -2.25. The highest BCUT2D eigenvalue weighted by atomic mass is 16.5. The summed E-state index contributed by atoms with van der Waals surface area (Å²) in [5, 5.41) is 12.7. The lowest BCUT2D eigenvalue weighted by molar-refractivity contribution is -0.114. The van der Waals surface area contributed by atoms with Gasteiger partial charge in [0.2, 0.25) is 5.91 Å². The number of hydrogen-bond donors (Lipinski definition) is 2. The standard InChI is InChI=1S/C25H21NO5/c1-15(27)26-22-6-4-3-5-19(22)25-21(13-16-7-10-18(30-2)11-8-16)24(29)20-14-17(28)9-12-23(20)31-25/h3-14,25,28H,1-2H3,(H,26,27). The second-order valence-corrected chi connectivity index (χ2v) is 7.15. The van der Waals surface area contributed by atoms with Gasteiger partial charge in [-0.1, -0.05) is 30.3 Å². The smallest absolute Gasteiger partial charge is 0.221 e. The van der Waals surface area contributed by atoms with E-state index >= 15 is 0 Å². The molecule has 1 amide bonds. The van der Waals surface area contributed by atoms with E-state index in [1.807, 2.05) is 24.3 Å². The van der Waals surface area contributed by atoms with E-state index in [4.69, 9.17) is 9.47 Å². The molecule has 2 N–H and O–H groups in total. The molecule has 1 aliphatic rings. The van der Waals surface area contributed by atoms with Crippen LogP contribution in [0.2, 0.25) is 0 Å². The number of benzene rings is 3. The van der Waals surface area contributed by atoms with Crippen LogP contribution in [-0.2, 0) is 4.79 Å². The predicted octanol–water partition coefficient (Wildman–Crippen LogP) is 4.76. The number of ketones is 1. The highest BCUT2D eigenvalue weighted by Gasteiger charge is 2.34. The second-order valence-electron chi connectivity index (χ2n) is 7.15. The van der Waals surface area contributed by atoms with E-state index in [1.54, 1.807) is 43.5 Å². The summed E-state index contributed by atoms with van der Waals surface area (Å²) >= 11 is 0. The molecule has 156 valence electrons. The Labute approximate surface area is 179 Å². The van der Waals surface area contributed by atoms with Crippen molar-refractivity contribution in [1.82, 2.24) is 0 Å². The molecule has 3 aromatic rings. The van der Waals surface area contributed by atoms with Gasteiger partial charge in [-0.3, -0.25) is 9.59 Å². The Morgan fingerprint density at radius 1 is 1.10 bits per heavy atom. The molecule has 4 rings (SSSR count). The van der Waals surface area contributed by atoms with E-state index in [2.05, 4.69) is 5.32 Å². The summed E-state index contributed by atoms with van der Waals surface area (Å²) in [6.45, 7) is 1.43. The van der Waals surface area contributed by atoms with Crippen molar-refractivity contribution in [1.29, 1.82) is 0 Å². The first kappa shape index (κ1) is 20.2. The summed E-state index contributed by atoms with van der Waals surface area (Å²) in [5.41, 5.74) is 2.69. The van der Waals surface area contributed by atoms with E-state index in [1.165, 1.54) is 19.1 Å². The molecule has 1 unspecified atom stereocenters. The quantitative estimate of drug-likeness (QED) is 0.600. The van der Waals surface area contributed by atoms with E-state index in [0.29, 0.717) is 28.3 Å². The Kier molecular flexibility index (Phi) is 5.45. The van der Waals surface area contributed by atoms with Gasteiger partial charge in [-0.2, -0.15) is 0 Å². The van der Waals surface area contributed by atoms with E-state index < -0.39 is 6.10 Å². The highest BCUT2D eigenvalue weighted by Crippen LogP contribution is 2.42. The topological polar surface area (TPSA) is 84.9 Å². The van der Waals surface area contributed by atoms with Crippen molar-refractivity contribution in [2.45, 2.75) is 13.0 Å². The number of rotatable bonds is 4. The second kappa shape index (κ2) is 8.36. The van der Waals surface area contributed by atoms with Gasteiger partial charge in [0, 0.05) is 23.7 Å². The van der Waals surface area contributed by atoms with E-state index in [-0.39, 0.29) is 23.0 Å². The van der Waals surface area contributed by atoms with Crippen molar-refractivity contribution < 1.29 is 24.2 Å². The summed E-state index contributed by atoms with van der Waals surface area (Å²) in [6.07, 6.45) is 1.01. The van der Waals surface area contributed by atoms with Crippen LogP contribution in [-0.4, -0.2) is 23.9 Å². The van der Waals surface area contributed by atoms with Gasteiger partial charge in [-0.05, 0) is 48.0 Å². The van der Waals surface area contributed by atoms with E-state index in [0.717, 1.165) is 5.56 Å². The van der Waals surface area contributed by atoms with Crippen LogP contribution >= 0.6 is 0 Å². The maximum Gasteiger partial charge on any atom is 0.221 e. The van der Waals surface area contributed by atoms with Crippen LogP contribution in [0.1, 0.15) is 34.5 Å². The third kappa shape index (κ3) is 4.14. The van der Waals surface area contributed by atoms with Crippen LogP contribution in [0.25, 0.3) is 6.08 Å². The maximum atomic E-state index is 13.4. The molecule has 31 heavy (non-hydrogen) atoms. The summed E-state index contributed by atoms with van der Waals surface area (Å²) in [4.78, 5) is 25.2. The van der Waals surface area contributed by atoms with Crippen LogP contribution in [0.15, 0.2) is 72.3 Å². The molecule has 0 spiro atoms. The number of carbonyl (C=O) groups excluding carboxylic acids is 2. The first-order valence-corrected chi connectivity index (χ1v) is 9.73. The third-order valence-electron chi connectivity index (χ3n) is 4.99. The highest BCUT2D eigenvalue weighted by molar-refractivity contribution is 6.15. The monoisotopic (exact) mass is 415 g/mol. The number of anilines is 1. The van der Waals surface area contributed by atoms with Gasteiger partial charge in [-0.25, -0.2) is 0 Å². The zero-order chi connectivity index (χ0) is 22.0. The van der Waals surface area contributed by atoms with Gasteiger partial charge in [0.15, 0.2) is 11.9 Å². The number of amides is 1. The molecule has 3 aromatic carbocycles. The van der Waals surface area contributed by atoms with Crippen molar-refractivity contribution >= 4 is 23.5 Å². The lowest BCUT2D eigenvalue weighted by atomic mass is 9.88. The van der Waals surface area contributed by atoms with Crippen molar-refractivity contribution in [3.8, 4) is 17.2 Å². The molecular weight excluding hydrogens is 394 g/mol. The number of phenolic OH excluding ortho intramolecular Hbond substituents is 1. The van der Waals surface area contributed by atoms with Crippen LogP contribution in [0, 0.1) is 0 Å². The average molecular weight is 415 g/mol. The zero-order valence-corrected chi connectivity index (χ0v) is 17.1. The van der Waals surface area contributed by atoms with Crippen LogP contribution in [0.4, 0.5) is 5.69 Å². The predicted molar refractivity (Wildman–Crippen MR) is 118 cm³/mol. The molecule has 0 fully saturated rings. The average Bonchev–Trinajstić information content (AvgIpc) is 2.76.